The molecule has 1 N–H and O–H groups in total. The Labute approximate surface area is 159 Å². The molecule has 1 aromatic rings. The van der Waals surface area contributed by atoms with Gasteiger partial charge in [-0.3, -0.25) is 14.4 Å². The van der Waals surface area contributed by atoms with Crippen LogP contribution in [0.1, 0.15) is 62.2 Å². The number of carbonyl (C=O) groups excluding carboxylic acids is 3. The van der Waals surface area contributed by atoms with Crippen LogP contribution in [-0.2, 0) is 14.3 Å². The molecule has 2 rings (SSSR count). The second kappa shape index (κ2) is 10.4. The third-order valence-corrected chi connectivity index (χ3v) is 5.34. The lowest BCUT2D eigenvalue weighted by Gasteiger charge is -2.24. The molecule has 5 nitrogen and oxygen atoms in total. The third kappa shape index (κ3) is 6.48. The first-order chi connectivity index (χ1) is 12.5. The van der Waals surface area contributed by atoms with Gasteiger partial charge in [-0.25, -0.2) is 0 Å². The number of amides is 1. The number of ether oxygens (including phenoxy) is 1. The van der Waals surface area contributed by atoms with Gasteiger partial charge in [0.2, 0.25) is 0 Å². The van der Waals surface area contributed by atoms with Gasteiger partial charge < -0.3 is 10.1 Å². The Hall–Kier alpha value is -1.82. The third-order valence-electron chi connectivity index (χ3n) is 4.60. The zero-order valence-electron chi connectivity index (χ0n) is 15.5. The standard InChI is InChI=1S/C20H27NO4S/c1-14(20(24)21-16-6-4-3-5-7-16)25-19(23)13-12-18(22)15-8-10-17(26-2)11-9-15/h8-11,14,16H,3-7,12-13H2,1-2H3,(H,21,24). The number of hydrogen-bond donors (Lipinski definition) is 1. The first-order valence-corrected chi connectivity index (χ1v) is 10.4. The van der Waals surface area contributed by atoms with Crippen LogP contribution in [0.15, 0.2) is 29.2 Å². The van der Waals surface area contributed by atoms with Crippen LogP contribution in [0.25, 0.3) is 0 Å². The van der Waals surface area contributed by atoms with Crippen LogP contribution in [-0.4, -0.2) is 36.1 Å². The Morgan fingerprint density at radius 3 is 2.38 bits per heavy atom. The van der Waals surface area contributed by atoms with Crippen molar-refractivity contribution in [3.8, 4) is 0 Å². The number of nitrogens with one attached hydrogen (secondary N) is 1. The lowest BCUT2D eigenvalue weighted by atomic mass is 9.95. The summed E-state index contributed by atoms with van der Waals surface area (Å²) in [5.74, 6) is -0.886. The van der Waals surface area contributed by atoms with Gasteiger partial charge in [-0.2, -0.15) is 0 Å². The van der Waals surface area contributed by atoms with Crippen molar-refractivity contribution in [3.05, 3.63) is 29.8 Å². The Bertz CT molecular complexity index is 623. The van der Waals surface area contributed by atoms with E-state index in [0.717, 1.165) is 30.6 Å². The molecule has 1 aliphatic carbocycles. The van der Waals surface area contributed by atoms with E-state index in [2.05, 4.69) is 5.32 Å². The zero-order valence-corrected chi connectivity index (χ0v) is 16.3. The molecule has 0 radical (unpaired) electrons. The van der Waals surface area contributed by atoms with Crippen molar-refractivity contribution in [2.75, 3.05) is 6.26 Å². The Kier molecular flexibility index (Phi) is 8.16. The van der Waals surface area contributed by atoms with Crippen LogP contribution in [0.2, 0.25) is 0 Å². The molecule has 1 fully saturated rings. The molecule has 1 saturated carbocycles. The van der Waals surface area contributed by atoms with Gasteiger partial charge in [0.25, 0.3) is 5.91 Å². The van der Waals surface area contributed by atoms with Gasteiger partial charge >= 0.3 is 5.97 Å². The SMILES string of the molecule is CSc1ccc(C(=O)CCC(=O)OC(C)C(=O)NC2CCCCC2)cc1. The Morgan fingerprint density at radius 2 is 1.77 bits per heavy atom. The van der Waals surface area contributed by atoms with Gasteiger partial charge in [0.15, 0.2) is 11.9 Å². The molecule has 0 bridgehead atoms. The van der Waals surface area contributed by atoms with Crippen molar-refractivity contribution >= 4 is 29.4 Å². The average molecular weight is 378 g/mol. The fourth-order valence-electron chi connectivity index (χ4n) is 3.01. The van der Waals surface area contributed by atoms with E-state index in [1.165, 1.54) is 6.42 Å². The molecular formula is C20H27NO4S. The van der Waals surface area contributed by atoms with Gasteiger partial charge in [-0.05, 0) is 38.2 Å². The molecular weight excluding hydrogens is 350 g/mol. The van der Waals surface area contributed by atoms with Crippen molar-refractivity contribution in [2.24, 2.45) is 0 Å². The number of hydrogen-bond acceptors (Lipinski definition) is 5. The molecule has 6 heteroatoms. The molecule has 1 aromatic carbocycles. The Balaban J connectivity index is 1.72. The van der Waals surface area contributed by atoms with E-state index in [4.69, 9.17) is 4.74 Å². The topological polar surface area (TPSA) is 72.5 Å². The van der Waals surface area contributed by atoms with E-state index in [-0.39, 0.29) is 30.6 Å². The monoisotopic (exact) mass is 377 g/mol. The molecule has 1 amide bonds. The molecule has 1 aliphatic rings. The summed E-state index contributed by atoms with van der Waals surface area (Å²) in [6.07, 6.45) is 6.62. The molecule has 0 aliphatic heterocycles. The van der Waals surface area contributed by atoms with E-state index >= 15 is 0 Å². The van der Waals surface area contributed by atoms with E-state index in [1.807, 2.05) is 18.4 Å². The summed E-state index contributed by atoms with van der Waals surface area (Å²) in [6.45, 7) is 1.57. The fourth-order valence-corrected chi connectivity index (χ4v) is 3.42. The van der Waals surface area contributed by atoms with E-state index in [9.17, 15) is 14.4 Å². The normalized spacial score (nSPS) is 15.9. The lowest BCUT2D eigenvalue weighted by Crippen LogP contribution is -2.42. The number of ketones is 1. The van der Waals surface area contributed by atoms with Crippen LogP contribution in [0.4, 0.5) is 0 Å². The number of Topliss-reactive ketones (excluding diaryl/α,β-unsaturated/α-hetero) is 1. The summed E-state index contributed by atoms with van der Waals surface area (Å²) in [5, 5.41) is 2.94. The highest BCUT2D eigenvalue weighted by atomic mass is 32.2. The number of rotatable bonds is 8. The second-order valence-corrected chi connectivity index (χ2v) is 7.51. The maximum absolute atomic E-state index is 12.1. The molecule has 1 atom stereocenters. The molecule has 1 unspecified atom stereocenters. The van der Waals surface area contributed by atoms with Gasteiger partial charge in [-0.1, -0.05) is 31.4 Å². The zero-order chi connectivity index (χ0) is 18.9. The largest absolute Gasteiger partial charge is 0.453 e. The van der Waals surface area contributed by atoms with Gasteiger partial charge in [0.1, 0.15) is 0 Å². The molecule has 0 heterocycles. The first-order valence-electron chi connectivity index (χ1n) is 9.16. The highest BCUT2D eigenvalue weighted by molar-refractivity contribution is 7.98. The molecule has 26 heavy (non-hydrogen) atoms. The predicted molar refractivity (Wildman–Crippen MR) is 102 cm³/mol. The summed E-state index contributed by atoms with van der Waals surface area (Å²) in [4.78, 5) is 37.3. The molecule has 0 saturated heterocycles. The maximum Gasteiger partial charge on any atom is 0.307 e. The molecule has 0 spiro atoms. The van der Waals surface area contributed by atoms with Crippen molar-refractivity contribution in [1.29, 1.82) is 0 Å². The Morgan fingerprint density at radius 1 is 1.12 bits per heavy atom. The average Bonchev–Trinajstić information content (AvgIpc) is 2.67. The maximum atomic E-state index is 12.1. The fraction of sp³-hybridized carbons (Fsp3) is 0.550. The van der Waals surface area contributed by atoms with E-state index < -0.39 is 12.1 Å². The van der Waals surface area contributed by atoms with E-state index in [0.29, 0.717) is 5.56 Å². The minimum Gasteiger partial charge on any atom is -0.453 e. The van der Waals surface area contributed by atoms with Crippen LogP contribution in [0.5, 0.6) is 0 Å². The lowest BCUT2D eigenvalue weighted by molar-refractivity contribution is -0.155. The summed E-state index contributed by atoms with van der Waals surface area (Å²) in [5.41, 5.74) is 0.582. The quantitative estimate of drug-likeness (QED) is 0.424. The van der Waals surface area contributed by atoms with Crippen LogP contribution in [0, 0.1) is 0 Å². The first kappa shape index (κ1) is 20.5. The second-order valence-electron chi connectivity index (χ2n) is 6.63. The highest BCUT2D eigenvalue weighted by Gasteiger charge is 2.22. The number of esters is 1. The van der Waals surface area contributed by atoms with Crippen molar-refractivity contribution < 1.29 is 19.1 Å². The highest BCUT2D eigenvalue weighted by Crippen LogP contribution is 2.18. The van der Waals surface area contributed by atoms with Crippen molar-refractivity contribution in [1.82, 2.24) is 5.32 Å². The molecule has 0 aromatic heterocycles. The van der Waals surface area contributed by atoms with Gasteiger partial charge in [0, 0.05) is 22.9 Å². The summed E-state index contributed by atoms with van der Waals surface area (Å²) < 4.78 is 5.17. The van der Waals surface area contributed by atoms with Gasteiger partial charge in [-0.15, -0.1) is 11.8 Å². The summed E-state index contributed by atoms with van der Waals surface area (Å²) >= 11 is 1.61. The van der Waals surface area contributed by atoms with Gasteiger partial charge in [0.05, 0.1) is 6.42 Å². The van der Waals surface area contributed by atoms with E-state index in [1.54, 1.807) is 30.8 Å². The molecule has 142 valence electrons. The minimum atomic E-state index is -0.833. The predicted octanol–water partition coefficient (Wildman–Crippen LogP) is 3.75. The van der Waals surface area contributed by atoms with Crippen molar-refractivity contribution in [3.63, 3.8) is 0 Å². The van der Waals surface area contributed by atoms with Crippen LogP contribution >= 0.6 is 11.8 Å². The number of carbonyl (C=O) groups is 3. The van der Waals surface area contributed by atoms with Crippen LogP contribution < -0.4 is 5.32 Å². The minimum absolute atomic E-state index is 0.0236. The number of benzene rings is 1. The summed E-state index contributed by atoms with van der Waals surface area (Å²) in [6, 6.07) is 7.48. The number of thioether (sulfide) groups is 1. The van der Waals surface area contributed by atoms with Crippen LogP contribution in [0.3, 0.4) is 0 Å². The summed E-state index contributed by atoms with van der Waals surface area (Å²) in [7, 11) is 0. The smallest absolute Gasteiger partial charge is 0.307 e. The van der Waals surface area contributed by atoms with Crippen molar-refractivity contribution in [2.45, 2.75) is 68.9 Å².